The van der Waals surface area contributed by atoms with E-state index in [1.807, 2.05) is 0 Å². The van der Waals surface area contributed by atoms with Gasteiger partial charge in [-0.1, -0.05) is 30.3 Å². The maximum atomic E-state index is 13.7. The summed E-state index contributed by atoms with van der Waals surface area (Å²) in [6, 6.07) is 7.60. The first kappa shape index (κ1) is 24.6. The highest BCUT2D eigenvalue weighted by Gasteiger charge is 2.69. The first-order valence-corrected chi connectivity index (χ1v) is 8.04. The number of esters is 1. The van der Waals surface area contributed by atoms with Gasteiger partial charge in [0, 0.05) is 15.9 Å². The van der Waals surface area contributed by atoms with E-state index in [0.717, 1.165) is 15.9 Å². The topological polar surface area (TPSA) is 55.8 Å². The van der Waals surface area contributed by atoms with E-state index in [0.29, 0.717) is 12.5 Å². The van der Waals surface area contributed by atoms with E-state index in [1.54, 1.807) is 6.07 Å². The van der Waals surface area contributed by atoms with E-state index in [9.17, 15) is 45.0 Å². The van der Waals surface area contributed by atoms with Crippen molar-refractivity contribution in [2.24, 2.45) is 0 Å². The lowest BCUT2D eigenvalue weighted by molar-refractivity contribution is -0.456. The summed E-state index contributed by atoms with van der Waals surface area (Å²) in [6.45, 7) is -0.149. The summed E-state index contributed by atoms with van der Waals surface area (Å²) in [5.41, 5.74) is -2.91. The molecule has 1 aromatic rings. The SMILES string of the molecule is CC(O)(CC(F)(F)C(F)(F)OC(F)(F)C(F)(F)Br)C(=O)OCc1ccccc1. The molecular formula is C15H13BrF8O4. The number of rotatable bonds is 9. The Bertz CT molecular complexity index is 676. The van der Waals surface area contributed by atoms with Gasteiger partial charge in [-0.2, -0.15) is 35.1 Å². The number of aliphatic hydroxyl groups is 1. The summed E-state index contributed by atoms with van der Waals surface area (Å²) in [7, 11) is 0. The molecule has 1 atom stereocenters. The van der Waals surface area contributed by atoms with Crippen LogP contribution in [0.2, 0.25) is 0 Å². The van der Waals surface area contributed by atoms with Gasteiger partial charge in [0.05, 0.1) is 6.42 Å². The van der Waals surface area contributed by atoms with Crippen LogP contribution in [0.1, 0.15) is 18.9 Å². The summed E-state index contributed by atoms with van der Waals surface area (Å²) < 4.78 is 112. The minimum atomic E-state index is -6.17. The lowest BCUT2D eigenvalue weighted by Crippen LogP contribution is -2.55. The lowest BCUT2D eigenvalue weighted by atomic mass is 9.97. The number of benzene rings is 1. The van der Waals surface area contributed by atoms with Gasteiger partial charge in [0.15, 0.2) is 5.60 Å². The average molecular weight is 489 g/mol. The van der Waals surface area contributed by atoms with Gasteiger partial charge >= 0.3 is 28.9 Å². The Hall–Kier alpha value is -1.47. The molecule has 28 heavy (non-hydrogen) atoms. The van der Waals surface area contributed by atoms with Crippen LogP contribution < -0.4 is 0 Å². The molecule has 0 aliphatic heterocycles. The van der Waals surface area contributed by atoms with Crippen LogP contribution in [0.15, 0.2) is 30.3 Å². The second-order valence-electron chi connectivity index (χ2n) is 5.85. The molecule has 13 heteroatoms. The summed E-state index contributed by atoms with van der Waals surface area (Å²) >= 11 is 1.04. The van der Waals surface area contributed by atoms with Gasteiger partial charge in [0.25, 0.3) is 0 Å². The van der Waals surface area contributed by atoms with Gasteiger partial charge in [-0.25, -0.2) is 9.53 Å². The van der Waals surface area contributed by atoms with Crippen LogP contribution in [0.25, 0.3) is 0 Å². The second-order valence-corrected chi connectivity index (χ2v) is 6.85. The monoisotopic (exact) mass is 488 g/mol. The molecule has 0 amide bonds. The van der Waals surface area contributed by atoms with Crippen molar-refractivity contribution in [1.29, 1.82) is 0 Å². The molecule has 0 saturated heterocycles. The molecule has 1 N–H and O–H groups in total. The summed E-state index contributed by atoms with van der Waals surface area (Å²) in [6.07, 6.45) is -14.7. The van der Waals surface area contributed by atoms with Gasteiger partial charge in [-0.3, -0.25) is 0 Å². The van der Waals surface area contributed by atoms with Gasteiger partial charge in [0.2, 0.25) is 0 Å². The smallest absolute Gasteiger partial charge is 0.434 e. The third-order valence-electron chi connectivity index (χ3n) is 3.23. The third kappa shape index (κ3) is 6.01. The Morgan fingerprint density at radius 2 is 1.50 bits per heavy atom. The Labute approximate surface area is 161 Å². The molecule has 0 aliphatic carbocycles. The molecule has 0 spiro atoms. The van der Waals surface area contributed by atoms with Crippen molar-refractivity contribution >= 4 is 21.9 Å². The molecule has 160 valence electrons. The summed E-state index contributed by atoms with van der Waals surface area (Å²) in [4.78, 5) is 6.33. The van der Waals surface area contributed by atoms with Crippen molar-refractivity contribution in [2.45, 2.75) is 48.5 Å². The predicted octanol–water partition coefficient (Wildman–Crippen LogP) is 4.70. The van der Waals surface area contributed by atoms with Crippen molar-refractivity contribution in [3.63, 3.8) is 0 Å². The molecule has 1 unspecified atom stereocenters. The van der Waals surface area contributed by atoms with Crippen LogP contribution >= 0.6 is 15.9 Å². The van der Waals surface area contributed by atoms with Crippen molar-refractivity contribution < 1.29 is 54.5 Å². The number of hydrogen-bond acceptors (Lipinski definition) is 4. The zero-order valence-corrected chi connectivity index (χ0v) is 15.5. The molecule has 0 saturated carbocycles. The zero-order chi connectivity index (χ0) is 22.0. The quantitative estimate of drug-likeness (QED) is 0.311. The minimum absolute atomic E-state index is 0.363. The fourth-order valence-corrected chi connectivity index (χ4v) is 1.86. The molecule has 0 radical (unpaired) electrons. The lowest BCUT2D eigenvalue weighted by Gasteiger charge is -2.33. The van der Waals surface area contributed by atoms with Crippen molar-refractivity contribution in [3.05, 3.63) is 35.9 Å². The molecule has 0 heterocycles. The van der Waals surface area contributed by atoms with Gasteiger partial charge in [0.1, 0.15) is 6.61 Å². The minimum Gasteiger partial charge on any atom is -0.459 e. The van der Waals surface area contributed by atoms with Crippen LogP contribution in [0.5, 0.6) is 0 Å². The van der Waals surface area contributed by atoms with E-state index in [-0.39, 0.29) is 0 Å². The van der Waals surface area contributed by atoms with E-state index in [4.69, 9.17) is 0 Å². The molecule has 0 aliphatic rings. The average Bonchev–Trinajstić information content (AvgIpc) is 2.50. The normalized spacial score (nSPS) is 15.8. The van der Waals surface area contributed by atoms with E-state index in [1.165, 1.54) is 24.3 Å². The van der Waals surface area contributed by atoms with E-state index < -0.39 is 47.6 Å². The molecule has 0 bridgehead atoms. The molecule has 4 nitrogen and oxygen atoms in total. The van der Waals surface area contributed by atoms with Crippen LogP contribution in [0.4, 0.5) is 35.1 Å². The van der Waals surface area contributed by atoms with Crippen LogP contribution in [-0.2, 0) is 20.9 Å². The first-order valence-electron chi connectivity index (χ1n) is 7.25. The predicted molar refractivity (Wildman–Crippen MR) is 81.3 cm³/mol. The molecule has 1 aromatic carbocycles. The Morgan fingerprint density at radius 1 is 1.00 bits per heavy atom. The van der Waals surface area contributed by atoms with E-state index in [2.05, 4.69) is 9.47 Å². The van der Waals surface area contributed by atoms with Crippen LogP contribution in [0, 0.1) is 0 Å². The van der Waals surface area contributed by atoms with Crippen LogP contribution in [0.3, 0.4) is 0 Å². The molecule has 0 fully saturated rings. The molecule has 1 rings (SSSR count). The van der Waals surface area contributed by atoms with Gasteiger partial charge < -0.3 is 9.84 Å². The van der Waals surface area contributed by atoms with E-state index >= 15 is 0 Å². The Morgan fingerprint density at radius 3 is 1.96 bits per heavy atom. The number of halogens is 9. The highest BCUT2D eigenvalue weighted by molar-refractivity contribution is 9.10. The van der Waals surface area contributed by atoms with Crippen molar-refractivity contribution in [1.82, 2.24) is 0 Å². The van der Waals surface area contributed by atoms with Gasteiger partial charge in [-0.15, -0.1) is 0 Å². The van der Waals surface area contributed by atoms with Crippen molar-refractivity contribution in [2.75, 3.05) is 0 Å². The molecule has 0 aromatic heterocycles. The highest BCUT2D eigenvalue weighted by Crippen LogP contribution is 2.49. The fourth-order valence-electron chi connectivity index (χ4n) is 1.78. The number of carbonyl (C=O) groups excluding carboxylic acids is 1. The summed E-state index contributed by atoms with van der Waals surface area (Å²) in [5.74, 6) is -7.42. The van der Waals surface area contributed by atoms with Crippen LogP contribution in [-0.4, -0.2) is 39.6 Å². The van der Waals surface area contributed by atoms with Gasteiger partial charge in [-0.05, 0) is 12.5 Å². The highest BCUT2D eigenvalue weighted by atomic mass is 79.9. The Kier molecular flexibility index (Phi) is 7.11. The number of hydrogen-bond donors (Lipinski definition) is 1. The second kappa shape index (κ2) is 8.11. The maximum Gasteiger partial charge on any atom is 0.434 e. The Balaban J connectivity index is 2.87. The molecular weight excluding hydrogens is 476 g/mol. The maximum absolute atomic E-state index is 13.7. The first-order chi connectivity index (χ1) is 12.4. The zero-order valence-electron chi connectivity index (χ0n) is 13.9. The summed E-state index contributed by atoms with van der Waals surface area (Å²) in [5, 5.41) is 9.73. The fraction of sp³-hybridized carbons (Fsp3) is 0.533. The van der Waals surface area contributed by atoms with Crippen molar-refractivity contribution in [3.8, 4) is 0 Å². The third-order valence-corrected chi connectivity index (χ3v) is 3.69. The number of carbonyl (C=O) groups is 1. The largest absolute Gasteiger partial charge is 0.459 e. The number of alkyl halides is 9. The standard InChI is InChI=1S/C15H13BrF8O4/c1-11(26,10(25)27-7-9-5-3-2-4-6-9)8-12(17,18)14(21,22)28-15(23,24)13(16,19)20/h2-6,26H,7-8H2,1H3. The number of ether oxygens (including phenoxy) is 2.